The van der Waals surface area contributed by atoms with Crippen molar-refractivity contribution in [3.63, 3.8) is 0 Å². The first-order valence-electron chi connectivity index (χ1n) is 12.2. The number of imidazole rings is 1. The van der Waals surface area contributed by atoms with Gasteiger partial charge in [0.2, 0.25) is 11.9 Å². The Morgan fingerprint density at radius 2 is 1.77 bits per heavy atom. The third-order valence-electron chi connectivity index (χ3n) is 6.84. The number of hydrogen-bond donors (Lipinski definition) is 1. The van der Waals surface area contributed by atoms with Crippen LogP contribution in [0.2, 0.25) is 0 Å². The van der Waals surface area contributed by atoms with Crippen LogP contribution in [0.4, 0.5) is 4.39 Å². The third-order valence-corrected chi connectivity index (χ3v) is 6.84. The van der Waals surface area contributed by atoms with Crippen LogP contribution in [0, 0.1) is 11.9 Å². The van der Waals surface area contributed by atoms with Gasteiger partial charge in [-0.2, -0.15) is 4.39 Å². The van der Waals surface area contributed by atoms with Crippen molar-refractivity contribution in [1.82, 2.24) is 29.7 Å². The van der Waals surface area contributed by atoms with Gasteiger partial charge in [0.05, 0.1) is 11.0 Å². The minimum Gasteiger partial charge on any atom is -0.342 e. The number of fused-ring (bicyclic) bond motifs is 1. The Kier molecular flexibility index (Phi) is 5.74. The lowest BCUT2D eigenvalue weighted by molar-refractivity contribution is -0.134. The number of halogens is 1. The van der Waals surface area contributed by atoms with Gasteiger partial charge in [0.1, 0.15) is 5.82 Å². The van der Waals surface area contributed by atoms with Crippen LogP contribution in [0.3, 0.4) is 0 Å². The van der Waals surface area contributed by atoms with Crippen molar-refractivity contribution in [2.24, 2.45) is 5.92 Å². The molecule has 1 aliphatic carbocycles. The maximum absolute atomic E-state index is 13.5. The molecule has 7 nitrogen and oxygen atoms in total. The number of pyridine rings is 2. The van der Waals surface area contributed by atoms with Gasteiger partial charge in [0.15, 0.2) is 0 Å². The van der Waals surface area contributed by atoms with Crippen LogP contribution < -0.4 is 0 Å². The normalized spacial score (nSPS) is 16.7. The second kappa shape index (κ2) is 9.19. The molecule has 178 valence electrons. The molecule has 0 atom stereocenters. The largest absolute Gasteiger partial charge is 0.342 e. The molecule has 1 saturated carbocycles. The summed E-state index contributed by atoms with van der Waals surface area (Å²) in [7, 11) is 0. The van der Waals surface area contributed by atoms with Gasteiger partial charge in [0.25, 0.3) is 0 Å². The zero-order chi connectivity index (χ0) is 23.8. The molecule has 1 amide bonds. The van der Waals surface area contributed by atoms with Crippen molar-refractivity contribution in [3.8, 4) is 11.1 Å². The molecule has 0 radical (unpaired) electrons. The van der Waals surface area contributed by atoms with E-state index >= 15 is 0 Å². The second-order valence-electron chi connectivity index (χ2n) is 9.49. The number of aromatic amines is 1. The van der Waals surface area contributed by atoms with Crippen LogP contribution in [0.1, 0.15) is 29.9 Å². The summed E-state index contributed by atoms with van der Waals surface area (Å²) in [5.74, 6) is 0.997. The zero-order valence-electron chi connectivity index (χ0n) is 19.5. The highest BCUT2D eigenvalue weighted by molar-refractivity contribution is 5.82. The summed E-state index contributed by atoms with van der Waals surface area (Å²) in [6.45, 7) is 4.31. The van der Waals surface area contributed by atoms with E-state index in [0.29, 0.717) is 18.2 Å². The quantitative estimate of drug-likeness (QED) is 0.434. The highest BCUT2D eigenvalue weighted by Gasteiger charge is 2.34. The molecule has 6 rings (SSSR count). The van der Waals surface area contributed by atoms with Gasteiger partial charge in [-0.25, -0.2) is 9.97 Å². The zero-order valence-corrected chi connectivity index (χ0v) is 19.5. The maximum atomic E-state index is 13.5. The standard InChI is InChI=1S/C27H27FN6O/c28-25-15-21(6-8-30-25)20-3-4-23-24(14-20)32-26(31-23)16-22-13-18(5-7-29-22)17-33-9-11-34(12-10-33)27(35)19-1-2-19/h3-8,13-15,19H,1-2,9-12,16-17H2,(H,31,32). The minimum atomic E-state index is -0.493. The Morgan fingerprint density at radius 1 is 0.971 bits per heavy atom. The molecule has 35 heavy (non-hydrogen) atoms. The van der Waals surface area contributed by atoms with Crippen molar-refractivity contribution in [3.05, 3.63) is 77.9 Å². The lowest BCUT2D eigenvalue weighted by Gasteiger charge is -2.35. The van der Waals surface area contributed by atoms with Crippen LogP contribution in [-0.4, -0.2) is 61.8 Å². The van der Waals surface area contributed by atoms with Crippen molar-refractivity contribution >= 4 is 16.9 Å². The molecule has 1 aromatic carbocycles. The van der Waals surface area contributed by atoms with Gasteiger partial charge in [-0.1, -0.05) is 6.07 Å². The number of piperazine rings is 1. The average Bonchev–Trinajstić information content (AvgIpc) is 3.64. The molecular weight excluding hydrogens is 443 g/mol. The molecule has 1 aliphatic heterocycles. The number of carbonyl (C=O) groups excluding carboxylic acids is 1. The second-order valence-corrected chi connectivity index (χ2v) is 9.49. The highest BCUT2D eigenvalue weighted by Crippen LogP contribution is 2.31. The number of hydrogen-bond acceptors (Lipinski definition) is 5. The lowest BCUT2D eigenvalue weighted by Crippen LogP contribution is -2.48. The van der Waals surface area contributed by atoms with Crippen LogP contribution in [0.5, 0.6) is 0 Å². The van der Waals surface area contributed by atoms with E-state index in [9.17, 15) is 9.18 Å². The van der Waals surface area contributed by atoms with Crippen molar-refractivity contribution < 1.29 is 9.18 Å². The number of H-pyrrole nitrogens is 1. The van der Waals surface area contributed by atoms with Crippen LogP contribution in [0.25, 0.3) is 22.2 Å². The number of aromatic nitrogens is 4. The number of carbonyl (C=O) groups is 1. The summed E-state index contributed by atoms with van der Waals surface area (Å²) in [6.07, 6.45) is 6.06. The van der Waals surface area contributed by atoms with E-state index in [1.807, 2.05) is 29.3 Å². The molecule has 2 fully saturated rings. The van der Waals surface area contributed by atoms with E-state index in [1.54, 1.807) is 6.07 Å². The Morgan fingerprint density at radius 3 is 2.57 bits per heavy atom. The van der Waals surface area contributed by atoms with E-state index in [4.69, 9.17) is 4.98 Å². The van der Waals surface area contributed by atoms with E-state index in [1.165, 1.54) is 17.8 Å². The summed E-state index contributed by atoms with van der Waals surface area (Å²) >= 11 is 0. The predicted octanol–water partition coefficient (Wildman–Crippen LogP) is 3.80. The molecular formula is C27H27FN6O. The predicted molar refractivity (Wildman–Crippen MR) is 131 cm³/mol. The maximum Gasteiger partial charge on any atom is 0.225 e. The summed E-state index contributed by atoms with van der Waals surface area (Å²) in [4.78, 5) is 33.0. The summed E-state index contributed by atoms with van der Waals surface area (Å²) in [6, 6.07) is 13.3. The van der Waals surface area contributed by atoms with Crippen LogP contribution in [0.15, 0.2) is 54.9 Å². The van der Waals surface area contributed by atoms with Crippen molar-refractivity contribution in [2.45, 2.75) is 25.8 Å². The molecule has 0 spiro atoms. The number of rotatable bonds is 6. The van der Waals surface area contributed by atoms with Gasteiger partial charge in [0, 0.05) is 69.2 Å². The van der Waals surface area contributed by atoms with Crippen molar-refractivity contribution in [1.29, 1.82) is 0 Å². The summed E-state index contributed by atoms with van der Waals surface area (Å²) in [5, 5.41) is 0. The first-order chi connectivity index (χ1) is 17.1. The third kappa shape index (κ3) is 4.93. The lowest BCUT2D eigenvalue weighted by atomic mass is 10.1. The summed E-state index contributed by atoms with van der Waals surface area (Å²) in [5.41, 5.74) is 5.64. The van der Waals surface area contributed by atoms with Crippen LogP contribution in [-0.2, 0) is 17.8 Å². The molecule has 4 aromatic rings. The van der Waals surface area contributed by atoms with Crippen LogP contribution >= 0.6 is 0 Å². The Hall–Kier alpha value is -3.65. The first-order valence-corrected chi connectivity index (χ1v) is 12.2. The average molecular weight is 471 g/mol. The first kappa shape index (κ1) is 21.9. The van der Waals surface area contributed by atoms with Gasteiger partial charge in [-0.3, -0.25) is 14.7 Å². The summed E-state index contributed by atoms with van der Waals surface area (Å²) < 4.78 is 13.5. The minimum absolute atomic E-state index is 0.299. The fourth-order valence-corrected chi connectivity index (χ4v) is 4.78. The number of nitrogens with one attached hydrogen (secondary N) is 1. The topological polar surface area (TPSA) is 78.0 Å². The van der Waals surface area contributed by atoms with Gasteiger partial charge in [-0.05, 0) is 59.9 Å². The highest BCUT2D eigenvalue weighted by atomic mass is 19.1. The molecule has 0 unspecified atom stereocenters. The number of amides is 1. The van der Waals surface area contributed by atoms with Gasteiger partial charge in [-0.15, -0.1) is 0 Å². The number of nitrogens with zero attached hydrogens (tertiary/aromatic N) is 5. The fourth-order valence-electron chi connectivity index (χ4n) is 4.78. The molecule has 4 heterocycles. The van der Waals surface area contributed by atoms with E-state index in [0.717, 1.165) is 79.2 Å². The molecule has 1 N–H and O–H groups in total. The van der Waals surface area contributed by atoms with E-state index in [-0.39, 0.29) is 0 Å². The Bertz CT molecular complexity index is 1370. The van der Waals surface area contributed by atoms with E-state index < -0.39 is 5.95 Å². The Labute approximate surface area is 203 Å². The molecule has 2 aliphatic rings. The van der Waals surface area contributed by atoms with Crippen molar-refractivity contribution in [2.75, 3.05) is 26.2 Å². The monoisotopic (exact) mass is 470 g/mol. The van der Waals surface area contributed by atoms with Gasteiger partial charge < -0.3 is 9.88 Å². The van der Waals surface area contributed by atoms with Gasteiger partial charge >= 0.3 is 0 Å². The molecule has 3 aromatic heterocycles. The molecule has 1 saturated heterocycles. The molecule has 8 heteroatoms. The Balaban J connectivity index is 1.11. The smallest absolute Gasteiger partial charge is 0.225 e. The van der Waals surface area contributed by atoms with E-state index in [2.05, 4.69) is 32.0 Å². The SMILES string of the molecule is O=C(C1CC1)N1CCN(Cc2ccnc(Cc3nc4ccc(-c5ccnc(F)c5)cc4[nH]3)c2)CC1. The number of benzene rings is 1. The fraction of sp³-hybridized carbons (Fsp3) is 0.333. The molecule has 0 bridgehead atoms.